The first-order valence-electron chi connectivity index (χ1n) is 8.55. The van der Waals surface area contributed by atoms with Crippen LogP contribution in [0.5, 0.6) is 11.5 Å². The van der Waals surface area contributed by atoms with Crippen LogP contribution in [-0.2, 0) is 6.42 Å². The first-order valence-corrected chi connectivity index (χ1v) is 9.34. The predicted molar refractivity (Wildman–Crippen MR) is 112 cm³/mol. The van der Waals surface area contributed by atoms with E-state index in [0.717, 1.165) is 4.47 Å². The Morgan fingerprint density at radius 2 is 2.03 bits per heavy atom. The molecule has 0 aliphatic carbocycles. The van der Waals surface area contributed by atoms with Crippen molar-refractivity contribution in [3.63, 3.8) is 0 Å². The Balaban J connectivity index is 2.16. The Morgan fingerprint density at radius 1 is 1.28 bits per heavy atom. The minimum atomic E-state index is -0.572. The molecular formula is C19H17BrN4O5. The molecule has 9 nitrogen and oxygen atoms in total. The molecule has 0 unspecified atom stereocenters. The van der Waals surface area contributed by atoms with Crippen molar-refractivity contribution in [2.45, 2.75) is 13.3 Å². The number of aryl methyl sites for hydroxylation is 1. The van der Waals surface area contributed by atoms with E-state index in [0.29, 0.717) is 28.7 Å². The fraction of sp³-hybridized carbons (Fsp3) is 0.211. The van der Waals surface area contributed by atoms with E-state index >= 15 is 0 Å². The molecule has 3 aromatic rings. The summed E-state index contributed by atoms with van der Waals surface area (Å²) in [6.45, 7) is 1.86. The fourth-order valence-corrected chi connectivity index (χ4v) is 3.20. The summed E-state index contributed by atoms with van der Waals surface area (Å²) in [5.41, 5.74) is 0.345. The molecule has 0 spiro atoms. The number of rotatable bonds is 6. The number of nitro groups is 1. The fourth-order valence-electron chi connectivity index (χ4n) is 2.84. The van der Waals surface area contributed by atoms with Gasteiger partial charge in [-0.05, 0) is 24.3 Å². The van der Waals surface area contributed by atoms with Gasteiger partial charge in [-0.25, -0.2) is 4.98 Å². The van der Waals surface area contributed by atoms with Crippen molar-refractivity contribution < 1.29 is 14.4 Å². The van der Waals surface area contributed by atoms with Gasteiger partial charge in [-0.1, -0.05) is 22.9 Å². The van der Waals surface area contributed by atoms with E-state index in [1.165, 1.54) is 37.2 Å². The summed E-state index contributed by atoms with van der Waals surface area (Å²) in [5.74, 6) is 0.668. The molecule has 0 aliphatic heterocycles. The lowest BCUT2D eigenvalue weighted by Gasteiger charge is -2.09. The van der Waals surface area contributed by atoms with Crippen molar-refractivity contribution in [2.75, 3.05) is 14.2 Å². The van der Waals surface area contributed by atoms with E-state index in [1.807, 2.05) is 13.0 Å². The van der Waals surface area contributed by atoms with Crippen molar-refractivity contribution in [1.29, 1.82) is 0 Å². The summed E-state index contributed by atoms with van der Waals surface area (Å²) >= 11 is 3.35. The number of hydrogen-bond acceptors (Lipinski definition) is 7. The van der Waals surface area contributed by atoms with E-state index in [4.69, 9.17) is 9.47 Å². The van der Waals surface area contributed by atoms with Gasteiger partial charge in [-0.2, -0.15) is 9.78 Å². The standard InChI is InChI=1S/C19H17BrN4O5/c1-4-17-22-14-6-5-12(20)9-13(14)19(25)23(17)21-10-11-7-15(24(26)27)18(29-3)16(8-11)28-2/h5-10H,4H2,1-3H3. The number of benzene rings is 2. The second-order valence-electron chi connectivity index (χ2n) is 5.94. The molecule has 0 N–H and O–H groups in total. The van der Waals surface area contributed by atoms with Crippen LogP contribution in [0.1, 0.15) is 18.3 Å². The van der Waals surface area contributed by atoms with Gasteiger partial charge >= 0.3 is 5.69 Å². The van der Waals surface area contributed by atoms with E-state index in [2.05, 4.69) is 26.0 Å². The third-order valence-corrected chi connectivity index (χ3v) is 4.69. The van der Waals surface area contributed by atoms with Crippen molar-refractivity contribution in [2.24, 2.45) is 5.10 Å². The van der Waals surface area contributed by atoms with Crippen LogP contribution in [0.3, 0.4) is 0 Å². The highest BCUT2D eigenvalue weighted by Crippen LogP contribution is 2.37. The van der Waals surface area contributed by atoms with Crippen molar-refractivity contribution in [1.82, 2.24) is 9.66 Å². The SMILES string of the molecule is CCc1nc2ccc(Br)cc2c(=O)n1N=Cc1cc(OC)c(OC)c([N+](=O)[O-])c1. The van der Waals surface area contributed by atoms with Crippen molar-refractivity contribution in [3.05, 3.63) is 66.7 Å². The monoisotopic (exact) mass is 460 g/mol. The van der Waals surface area contributed by atoms with Crippen molar-refractivity contribution in [3.8, 4) is 11.5 Å². The van der Waals surface area contributed by atoms with Gasteiger partial charge in [-0.3, -0.25) is 14.9 Å². The molecule has 1 aromatic heterocycles. The van der Waals surface area contributed by atoms with Crippen LogP contribution in [0.2, 0.25) is 0 Å². The zero-order valence-corrected chi connectivity index (χ0v) is 17.5. The van der Waals surface area contributed by atoms with Crippen LogP contribution in [0.15, 0.2) is 44.7 Å². The Morgan fingerprint density at radius 3 is 2.66 bits per heavy atom. The van der Waals surface area contributed by atoms with E-state index in [1.54, 1.807) is 12.1 Å². The number of nitrogens with zero attached hydrogens (tertiary/aromatic N) is 4. The van der Waals surface area contributed by atoms with Crippen LogP contribution in [0.25, 0.3) is 10.9 Å². The minimum absolute atomic E-state index is 0.0123. The van der Waals surface area contributed by atoms with E-state index in [-0.39, 0.29) is 22.7 Å². The Kier molecular flexibility index (Phi) is 5.92. The van der Waals surface area contributed by atoms with Crippen LogP contribution < -0.4 is 15.0 Å². The molecule has 0 bridgehead atoms. The lowest BCUT2D eigenvalue weighted by Crippen LogP contribution is -2.22. The maximum Gasteiger partial charge on any atom is 0.315 e. The molecule has 10 heteroatoms. The van der Waals surface area contributed by atoms with Gasteiger partial charge in [0.15, 0.2) is 5.75 Å². The highest BCUT2D eigenvalue weighted by molar-refractivity contribution is 9.10. The van der Waals surface area contributed by atoms with Crippen LogP contribution in [0.4, 0.5) is 5.69 Å². The van der Waals surface area contributed by atoms with Crippen LogP contribution >= 0.6 is 15.9 Å². The van der Waals surface area contributed by atoms with Crippen LogP contribution in [-0.4, -0.2) is 35.0 Å². The number of halogens is 1. The van der Waals surface area contributed by atoms with Gasteiger partial charge in [-0.15, -0.1) is 0 Å². The Labute approximate surface area is 173 Å². The van der Waals surface area contributed by atoms with Gasteiger partial charge < -0.3 is 9.47 Å². The molecule has 0 radical (unpaired) electrons. The van der Waals surface area contributed by atoms with Gasteiger partial charge in [0.25, 0.3) is 5.56 Å². The third-order valence-electron chi connectivity index (χ3n) is 4.19. The quantitative estimate of drug-likeness (QED) is 0.316. The number of methoxy groups -OCH3 is 2. The predicted octanol–water partition coefficient (Wildman–Crippen LogP) is 3.53. The number of nitro benzene ring substituents is 1. The van der Waals surface area contributed by atoms with Crippen molar-refractivity contribution >= 4 is 38.7 Å². The number of ether oxygens (including phenoxy) is 2. The van der Waals surface area contributed by atoms with E-state index < -0.39 is 4.92 Å². The molecule has 0 amide bonds. The largest absolute Gasteiger partial charge is 0.493 e. The molecule has 2 aromatic carbocycles. The van der Waals surface area contributed by atoms with Gasteiger partial charge in [0.2, 0.25) is 5.75 Å². The summed E-state index contributed by atoms with van der Waals surface area (Å²) in [6, 6.07) is 8.08. The van der Waals surface area contributed by atoms with Gasteiger partial charge in [0.1, 0.15) is 5.82 Å². The number of hydrogen-bond donors (Lipinski definition) is 0. The lowest BCUT2D eigenvalue weighted by molar-refractivity contribution is -0.385. The van der Waals surface area contributed by atoms with Crippen LogP contribution in [0, 0.1) is 10.1 Å². The minimum Gasteiger partial charge on any atom is -0.493 e. The highest BCUT2D eigenvalue weighted by Gasteiger charge is 2.21. The molecule has 0 aliphatic rings. The normalized spacial score (nSPS) is 11.2. The molecular weight excluding hydrogens is 444 g/mol. The molecule has 29 heavy (non-hydrogen) atoms. The average molecular weight is 461 g/mol. The molecule has 150 valence electrons. The summed E-state index contributed by atoms with van der Waals surface area (Å²) < 4.78 is 12.2. The summed E-state index contributed by atoms with van der Waals surface area (Å²) in [7, 11) is 2.71. The second-order valence-corrected chi connectivity index (χ2v) is 6.85. The topological polar surface area (TPSA) is 109 Å². The second kappa shape index (κ2) is 8.39. The van der Waals surface area contributed by atoms with Gasteiger partial charge in [0, 0.05) is 22.5 Å². The summed E-state index contributed by atoms with van der Waals surface area (Å²) in [6.07, 6.45) is 1.83. The van der Waals surface area contributed by atoms with Gasteiger partial charge in [0.05, 0.1) is 36.3 Å². The maximum absolute atomic E-state index is 12.9. The maximum atomic E-state index is 12.9. The Hall–Kier alpha value is -3.27. The van der Waals surface area contributed by atoms with E-state index in [9.17, 15) is 14.9 Å². The first kappa shape index (κ1) is 20.5. The third kappa shape index (κ3) is 3.97. The highest BCUT2D eigenvalue weighted by atomic mass is 79.9. The Bertz CT molecular complexity index is 1190. The first-order chi connectivity index (χ1) is 13.9. The molecule has 0 saturated heterocycles. The molecule has 0 fully saturated rings. The molecule has 0 saturated carbocycles. The number of fused-ring (bicyclic) bond motifs is 1. The number of aromatic nitrogens is 2. The molecule has 0 atom stereocenters. The average Bonchev–Trinajstić information content (AvgIpc) is 2.72. The zero-order chi connectivity index (χ0) is 21.1. The summed E-state index contributed by atoms with van der Waals surface area (Å²) in [4.78, 5) is 28.2. The lowest BCUT2D eigenvalue weighted by atomic mass is 10.2. The zero-order valence-electron chi connectivity index (χ0n) is 15.9. The summed E-state index contributed by atoms with van der Waals surface area (Å²) in [5, 5.41) is 16.0. The molecule has 3 rings (SSSR count). The smallest absolute Gasteiger partial charge is 0.315 e. The molecule has 1 heterocycles.